The first kappa shape index (κ1) is 20.5. The number of alkyl halides is 3. The third-order valence-corrected chi connectivity index (χ3v) is 4.84. The minimum atomic E-state index is -4.76. The van der Waals surface area contributed by atoms with E-state index in [1.807, 2.05) is 0 Å². The van der Waals surface area contributed by atoms with Gasteiger partial charge in [0.1, 0.15) is 12.2 Å². The van der Waals surface area contributed by atoms with Gasteiger partial charge in [0.05, 0.1) is 12.0 Å². The van der Waals surface area contributed by atoms with Gasteiger partial charge >= 0.3 is 12.1 Å². The van der Waals surface area contributed by atoms with Gasteiger partial charge in [-0.1, -0.05) is 6.07 Å². The predicted octanol–water partition coefficient (Wildman–Crippen LogP) is 2.20. The lowest BCUT2D eigenvalue weighted by atomic mass is 10.2. The van der Waals surface area contributed by atoms with Crippen LogP contribution < -0.4 is 0 Å². The van der Waals surface area contributed by atoms with Gasteiger partial charge in [0.2, 0.25) is 5.89 Å². The summed E-state index contributed by atoms with van der Waals surface area (Å²) >= 11 is 0. The lowest BCUT2D eigenvalue weighted by Gasteiger charge is -2.03. The van der Waals surface area contributed by atoms with E-state index < -0.39 is 34.2 Å². The average Bonchev–Trinajstić information content (AvgIpc) is 3.27. The van der Waals surface area contributed by atoms with Crippen molar-refractivity contribution >= 4 is 15.8 Å². The molecule has 0 radical (unpaired) electrons. The van der Waals surface area contributed by atoms with Crippen LogP contribution in [0.4, 0.5) is 13.2 Å². The Balaban J connectivity index is 2.04. The molecule has 0 saturated heterocycles. The SMILES string of the molecule is COC(=O)Cn1nc(C(F)(F)F)cc1-c1nnc(-c2cccc(S(C)(=O)=O)c2)o1. The lowest BCUT2D eigenvalue weighted by molar-refractivity contribution is -0.144. The number of aromatic nitrogens is 4. The van der Waals surface area contributed by atoms with Crippen LogP contribution in [0.25, 0.3) is 23.0 Å². The van der Waals surface area contributed by atoms with Crippen LogP contribution in [-0.4, -0.2) is 47.7 Å². The molecule has 0 spiro atoms. The number of halogens is 3. The van der Waals surface area contributed by atoms with Crippen molar-refractivity contribution in [1.29, 1.82) is 0 Å². The van der Waals surface area contributed by atoms with Crippen molar-refractivity contribution in [3.63, 3.8) is 0 Å². The van der Waals surface area contributed by atoms with E-state index in [0.717, 1.165) is 18.0 Å². The highest BCUT2D eigenvalue weighted by Crippen LogP contribution is 2.32. The van der Waals surface area contributed by atoms with Crippen LogP contribution in [0.2, 0.25) is 0 Å². The Kier molecular flexibility index (Phi) is 5.17. The summed E-state index contributed by atoms with van der Waals surface area (Å²) in [5.74, 6) is -1.29. The number of hydrogen-bond donors (Lipinski definition) is 0. The molecule has 2 heterocycles. The Hall–Kier alpha value is -3.22. The minimum absolute atomic E-state index is 0.00448. The first-order valence-electron chi connectivity index (χ1n) is 7.85. The van der Waals surface area contributed by atoms with Crippen molar-refractivity contribution < 1.29 is 35.5 Å². The van der Waals surface area contributed by atoms with E-state index in [1.54, 1.807) is 0 Å². The Morgan fingerprint density at radius 3 is 2.52 bits per heavy atom. The number of carbonyl (C=O) groups is 1. The van der Waals surface area contributed by atoms with Crippen molar-refractivity contribution in [3.8, 4) is 23.0 Å². The molecule has 0 saturated carbocycles. The first-order chi connectivity index (χ1) is 13.5. The second kappa shape index (κ2) is 7.31. The summed E-state index contributed by atoms with van der Waals surface area (Å²) in [5.41, 5.74) is -1.25. The topological polar surface area (TPSA) is 117 Å². The number of rotatable bonds is 5. The van der Waals surface area contributed by atoms with Gasteiger partial charge in [-0.3, -0.25) is 4.79 Å². The zero-order chi connectivity index (χ0) is 21.4. The molecule has 0 aliphatic carbocycles. The summed E-state index contributed by atoms with van der Waals surface area (Å²) < 4.78 is 73.1. The number of hydrogen-bond acceptors (Lipinski definition) is 8. The second-order valence-electron chi connectivity index (χ2n) is 5.86. The van der Waals surface area contributed by atoms with Crippen molar-refractivity contribution in [2.45, 2.75) is 17.6 Å². The Morgan fingerprint density at radius 1 is 1.21 bits per heavy atom. The highest BCUT2D eigenvalue weighted by molar-refractivity contribution is 7.90. The predicted molar refractivity (Wildman–Crippen MR) is 91.1 cm³/mol. The van der Waals surface area contributed by atoms with E-state index in [9.17, 15) is 26.4 Å². The molecule has 0 bridgehead atoms. The largest absolute Gasteiger partial charge is 0.468 e. The molecule has 154 valence electrons. The molecule has 13 heteroatoms. The maximum Gasteiger partial charge on any atom is 0.435 e. The van der Waals surface area contributed by atoms with Gasteiger partial charge in [-0.25, -0.2) is 13.1 Å². The van der Waals surface area contributed by atoms with Gasteiger partial charge in [0, 0.05) is 17.9 Å². The second-order valence-corrected chi connectivity index (χ2v) is 7.87. The maximum absolute atomic E-state index is 13.0. The van der Waals surface area contributed by atoms with Crippen LogP contribution in [0.3, 0.4) is 0 Å². The molecule has 0 unspecified atom stereocenters. The van der Waals surface area contributed by atoms with Gasteiger partial charge in [-0.15, -0.1) is 10.2 Å². The molecule has 9 nitrogen and oxygen atoms in total. The monoisotopic (exact) mass is 430 g/mol. The number of carbonyl (C=O) groups excluding carboxylic acids is 1. The number of nitrogens with zero attached hydrogens (tertiary/aromatic N) is 4. The van der Waals surface area contributed by atoms with E-state index in [0.29, 0.717) is 6.07 Å². The van der Waals surface area contributed by atoms with Crippen molar-refractivity contribution in [2.24, 2.45) is 0 Å². The van der Waals surface area contributed by atoms with E-state index >= 15 is 0 Å². The van der Waals surface area contributed by atoms with Gasteiger partial charge in [0.25, 0.3) is 5.89 Å². The standard InChI is InChI=1S/C16H13F3N4O5S/c1-27-13(24)8-23-11(7-12(22-23)16(17,18)19)15-21-20-14(28-15)9-4-3-5-10(6-9)29(2,25)26/h3-7H,8H2,1-2H3. The number of ether oxygens (including phenoxy) is 1. The summed E-state index contributed by atoms with van der Waals surface area (Å²) in [4.78, 5) is 11.5. The molecule has 29 heavy (non-hydrogen) atoms. The highest BCUT2D eigenvalue weighted by Gasteiger charge is 2.36. The van der Waals surface area contributed by atoms with Gasteiger partial charge in [0.15, 0.2) is 15.5 Å². The summed E-state index contributed by atoms with van der Waals surface area (Å²) in [7, 11) is -2.42. The highest BCUT2D eigenvalue weighted by atomic mass is 32.2. The molecule has 2 aromatic heterocycles. The molecule has 0 amide bonds. The summed E-state index contributed by atoms with van der Waals surface area (Å²) in [6, 6.07) is 6.28. The van der Waals surface area contributed by atoms with Crippen LogP contribution >= 0.6 is 0 Å². The van der Waals surface area contributed by atoms with Crippen LogP contribution in [0.15, 0.2) is 39.6 Å². The van der Waals surface area contributed by atoms with Crippen LogP contribution in [0.1, 0.15) is 5.69 Å². The molecule has 3 rings (SSSR count). The first-order valence-corrected chi connectivity index (χ1v) is 9.74. The smallest absolute Gasteiger partial charge is 0.435 e. The van der Waals surface area contributed by atoms with E-state index in [-0.39, 0.29) is 27.9 Å². The van der Waals surface area contributed by atoms with Crippen LogP contribution in [-0.2, 0) is 32.1 Å². The number of sulfone groups is 1. The van der Waals surface area contributed by atoms with Crippen LogP contribution in [0.5, 0.6) is 0 Å². The lowest BCUT2D eigenvalue weighted by Crippen LogP contribution is -2.15. The minimum Gasteiger partial charge on any atom is -0.468 e. The third-order valence-electron chi connectivity index (χ3n) is 3.73. The molecular formula is C16H13F3N4O5S. The molecule has 0 N–H and O–H groups in total. The number of methoxy groups -OCH3 is 1. The Bertz CT molecular complexity index is 1170. The normalized spacial score (nSPS) is 12.2. The summed E-state index contributed by atoms with van der Waals surface area (Å²) in [6.45, 7) is -0.608. The van der Waals surface area contributed by atoms with Gasteiger partial charge in [-0.05, 0) is 18.2 Å². The Morgan fingerprint density at radius 2 is 1.90 bits per heavy atom. The number of esters is 1. The fraction of sp³-hybridized carbons (Fsp3) is 0.250. The molecule has 0 aliphatic heterocycles. The molecule has 3 aromatic rings. The zero-order valence-electron chi connectivity index (χ0n) is 15.0. The molecular weight excluding hydrogens is 417 g/mol. The maximum atomic E-state index is 13.0. The van der Waals surface area contributed by atoms with Gasteiger partial charge in [-0.2, -0.15) is 18.3 Å². The van der Waals surface area contributed by atoms with E-state index in [4.69, 9.17) is 4.42 Å². The third kappa shape index (κ3) is 4.45. The zero-order valence-corrected chi connectivity index (χ0v) is 15.8. The average molecular weight is 430 g/mol. The van der Waals surface area contributed by atoms with E-state index in [1.165, 1.54) is 24.3 Å². The fourth-order valence-corrected chi connectivity index (χ4v) is 3.00. The van der Waals surface area contributed by atoms with Crippen molar-refractivity contribution in [3.05, 3.63) is 36.0 Å². The summed E-state index contributed by atoms with van der Waals surface area (Å²) in [5, 5.41) is 10.8. The fourth-order valence-electron chi connectivity index (χ4n) is 2.34. The quantitative estimate of drug-likeness (QED) is 0.566. The van der Waals surface area contributed by atoms with E-state index in [2.05, 4.69) is 20.0 Å². The van der Waals surface area contributed by atoms with Gasteiger partial charge < -0.3 is 9.15 Å². The molecule has 0 aliphatic rings. The Labute approximate surface area is 162 Å². The van der Waals surface area contributed by atoms with Crippen LogP contribution in [0, 0.1) is 0 Å². The number of benzene rings is 1. The molecule has 1 aromatic carbocycles. The summed E-state index contributed by atoms with van der Waals surface area (Å²) in [6.07, 6.45) is -3.74. The molecule has 0 atom stereocenters. The molecule has 0 fully saturated rings. The van der Waals surface area contributed by atoms with Crippen molar-refractivity contribution in [1.82, 2.24) is 20.0 Å². The van der Waals surface area contributed by atoms with Crippen molar-refractivity contribution in [2.75, 3.05) is 13.4 Å².